The Morgan fingerprint density at radius 2 is 1.38 bits per heavy atom. The molecule has 0 aliphatic carbocycles. The Labute approximate surface area is 298 Å². The van der Waals surface area contributed by atoms with Gasteiger partial charge >= 0.3 is 18.5 Å². The molecule has 0 N–H and O–H groups in total. The predicted molar refractivity (Wildman–Crippen MR) is 172 cm³/mol. The van der Waals surface area contributed by atoms with Gasteiger partial charge in [0, 0.05) is 24.6 Å². The normalized spacial score (nSPS) is 12.2. The number of carbonyl (C=O) groups excluding carboxylic acids is 1. The van der Waals surface area contributed by atoms with Crippen molar-refractivity contribution in [2.24, 2.45) is 0 Å². The van der Waals surface area contributed by atoms with Gasteiger partial charge in [0.1, 0.15) is 11.5 Å². The van der Waals surface area contributed by atoms with E-state index in [9.17, 15) is 49.4 Å². The number of carboxylic acid groups (broad SMARTS) is 1. The first kappa shape index (κ1) is 40.5. The Hall–Kier alpha value is -5.22. The number of hydrogen-bond acceptors (Lipinski definition) is 8. The summed E-state index contributed by atoms with van der Waals surface area (Å²) < 4.78 is 142. The number of aromatic nitrogens is 2. The molecular weight excluding hydrogens is 725 g/mol. The molecule has 0 fully saturated rings. The van der Waals surface area contributed by atoms with Crippen LogP contribution in [0, 0.1) is 0 Å². The summed E-state index contributed by atoms with van der Waals surface area (Å²) in [7, 11) is 2.40. The number of nitrogens with zero attached hydrogens (tertiary/aromatic N) is 3. The molecule has 0 saturated heterocycles. The third-order valence-electron chi connectivity index (χ3n) is 7.98. The molecule has 8 nitrogen and oxygen atoms in total. The molecule has 0 atom stereocenters. The molecule has 0 amide bonds. The summed E-state index contributed by atoms with van der Waals surface area (Å²) in [6.07, 6.45) is -13.3. The lowest BCUT2D eigenvalue weighted by Crippen LogP contribution is -2.26. The minimum absolute atomic E-state index is 0.0326. The van der Waals surface area contributed by atoms with E-state index < -0.39 is 65.6 Å². The average molecular weight is 759 g/mol. The predicted octanol–water partition coefficient (Wildman–Crippen LogP) is 8.46. The van der Waals surface area contributed by atoms with Gasteiger partial charge in [0.05, 0.1) is 49.9 Å². The van der Waals surface area contributed by atoms with Crippen molar-refractivity contribution in [3.63, 3.8) is 0 Å². The molecule has 4 aromatic rings. The molecule has 1 heterocycles. The maximum Gasteiger partial charge on any atom is 0.419 e. The standard InChI is InChI=1S/C36H34F9N3O5/c1-20(2)22-7-8-30(51-3)28(12-22)27-15-31(52-4)29(36(43,44)45)13-23(27)19-48(33-46-16-26(17-47-33)53-9-5-6-32(49)50)18-21-10-24(34(37,38)39)14-25(11-21)35(40,41)42/h7-8,10-17,20H,5-6,9,18-19H2,1-4H3,(H,49,50)/p-1. The molecule has 1 aromatic heterocycles. The van der Waals surface area contributed by atoms with E-state index in [0.29, 0.717) is 17.7 Å². The number of ether oxygens (including phenoxy) is 3. The van der Waals surface area contributed by atoms with Gasteiger partial charge in [0.15, 0.2) is 5.75 Å². The van der Waals surface area contributed by atoms with Crippen LogP contribution < -0.4 is 24.2 Å². The minimum atomic E-state index is -5.17. The summed E-state index contributed by atoms with van der Waals surface area (Å²) in [4.78, 5) is 20.1. The number of halogens is 9. The van der Waals surface area contributed by atoms with Gasteiger partial charge in [0.25, 0.3) is 0 Å². The van der Waals surface area contributed by atoms with Gasteiger partial charge in [-0.05, 0) is 83.5 Å². The first-order chi connectivity index (χ1) is 24.7. The van der Waals surface area contributed by atoms with Crippen molar-refractivity contribution in [2.45, 2.75) is 64.2 Å². The highest BCUT2D eigenvalue weighted by atomic mass is 19.4. The van der Waals surface area contributed by atoms with Crippen LogP contribution in [0.25, 0.3) is 11.1 Å². The lowest BCUT2D eigenvalue weighted by molar-refractivity contribution is -0.305. The third kappa shape index (κ3) is 10.4. The van der Waals surface area contributed by atoms with Crippen LogP contribution in [0.15, 0.2) is 60.9 Å². The molecule has 3 aromatic carbocycles. The van der Waals surface area contributed by atoms with E-state index in [4.69, 9.17) is 14.2 Å². The van der Waals surface area contributed by atoms with Gasteiger partial charge in [-0.25, -0.2) is 9.97 Å². The zero-order chi connectivity index (χ0) is 39.3. The van der Waals surface area contributed by atoms with Crippen molar-refractivity contribution < 1.29 is 63.6 Å². The number of aliphatic carboxylic acids is 1. The van der Waals surface area contributed by atoms with Crippen molar-refractivity contribution in [3.8, 4) is 28.4 Å². The average Bonchev–Trinajstić information content (AvgIpc) is 3.08. The number of rotatable bonds is 14. The van der Waals surface area contributed by atoms with Gasteiger partial charge in [0.2, 0.25) is 5.95 Å². The summed E-state index contributed by atoms with van der Waals surface area (Å²) in [6.45, 7) is 2.40. The number of carbonyl (C=O) groups is 1. The molecule has 0 bridgehead atoms. The summed E-state index contributed by atoms with van der Waals surface area (Å²) >= 11 is 0. The second-order valence-corrected chi connectivity index (χ2v) is 12.1. The third-order valence-corrected chi connectivity index (χ3v) is 7.98. The van der Waals surface area contributed by atoms with E-state index in [1.54, 1.807) is 18.2 Å². The second-order valence-electron chi connectivity index (χ2n) is 12.1. The van der Waals surface area contributed by atoms with Gasteiger partial charge < -0.3 is 29.0 Å². The van der Waals surface area contributed by atoms with E-state index in [-0.39, 0.29) is 60.0 Å². The number of anilines is 1. The first-order valence-electron chi connectivity index (χ1n) is 15.9. The van der Waals surface area contributed by atoms with Crippen LogP contribution in [0.1, 0.15) is 66.0 Å². The van der Waals surface area contributed by atoms with Crippen LogP contribution in [0.4, 0.5) is 45.5 Å². The van der Waals surface area contributed by atoms with E-state index in [2.05, 4.69) is 9.97 Å². The summed E-state index contributed by atoms with van der Waals surface area (Å²) in [6, 6.07) is 7.96. The highest BCUT2D eigenvalue weighted by Crippen LogP contribution is 2.44. The molecule has 0 radical (unpaired) electrons. The van der Waals surface area contributed by atoms with Gasteiger partial charge in [-0.15, -0.1) is 0 Å². The molecule has 4 rings (SSSR count). The number of benzene rings is 3. The van der Waals surface area contributed by atoms with Crippen LogP contribution in [0.3, 0.4) is 0 Å². The van der Waals surface area contributed by atoms with Crippen LogP contribution in [-0.4, -0.2) is 36.8 Å². The fourth-order valence-electron chi connectivity index (χ4n) is 5.38. The number of hydrogen-bond donors (Lipinski definition) is 0. The van der Waals surface area contributed by atoms with E-state index >= 15 is 0 Å². The highest BCUT2D eigenvalue weighted by Gasteiger charge is 2.38. The van der Waals surface area contributed by atoms with Gasteiger partial charge in [-0.3, -0.25) is 0 Å². The zero-order valence-electron chi connectivity index (χ0n) is 28.7. The number of carboxylic acids is 1. The quantitative estimate of drug-likeness (QED) is 0.0934. The van der Waals surface area contributed by atoms with E-state index in [1.807, 2.05) is 13.8 Å². The molecule has 17 heteroatoms. The van der Waals surface area contributed by atoms with Crippen LogP contribution >= 0.6 is 0 Å². The zero-order valence-corrected chi connectivity index (χ0v) is 28.7. The van der Waals surface area contributed by atoms with E-state index in [1.165, 1.54) is 7.11 Å². The first-order valence-corrected chi connectivity index (χ1v) is 15.9. The molecule has 286 valence electrons. The SMILES string of the molecule is COc1ccc(C(C)C)cc1-c1cc(OC)c(C(F)(F)F)cc1CN(Cc1cc(C(F)(F)F)cc(C(F)(F)F)c1)c1ncc(OCCCC(=O)[O-])cn1. The minimum Gasteiger partial charge on any atom is -0.550 e. The summed E-state index contributed by atoms with van der Waals surface area (Å²) in [5, 5.41) is 10.7. The Morgan fingerprint density at radius 3 is 1.89 bits per heavy atom. The Balaban J connectivity index is 1.93. The Bertz CT molecular complexity index is 1860. The Kier molecular flexibility index (Phi) is 12.4. The second kappa shape index (κ2) is 16.2. The smallest absolute Gasteiger partial charge is 0.419 e. The number of methoxy groups -OCH3 is 2. The fraction of sp³-hybridized carbons (Fsp3) is 0.361. The molecule has 0 aliphatic rings. The molecule has 53 heavy (non-hydrogen) atoms. The van der Waals surface area contributed by atoms with Gasteiger partial charge in [-0.2, -0.15) is 39.5 Å². The molecule has 0 aliphatic heterocycles. The van der Waals surface area contributed by atoms with Crippen molar-refractivity contribution in [2.75, 3.05) is 25.7 Å². The van der Waals surface area contributed by atoms with Gasteiger partial charge in [-0.1, -0.05) is 19.9 Å². The topological polar surface area (TPSA) is 96.8 Å². The number of alkyl halides is 9. The van der Waals surface area contributed by atoms with Crippen molar-refractivity contribution in [1.82, 2.24) is 9.97 Å². The van der Waals surface area contributed by atoms with E-state index in [0.717, 1.165) is 42.1 Å². The molecule has 0 saturated carbocycles. The summed E-state index contributed by atoms with van der Waals surface area (Å²) in [5.74, 6) is -1.90. The molecule has 0 unspecified atom stereocenters. The van der Waals surface area contributed by atoms with Crippen LogP contribution in [-0.2, 0) is 36.4 Å². The maximum atomic E-state index is 14.4. The largest absolute Gasteiger partial charge is 0.550 e. The lowest BCUT2D eigenvalue weighted by Gasteiger charge is -2.27. The summed E-state index contributed by atoms with van der Waals surface area (Å²) in [5.41, 5.74) is -3.68. The molecule has 0 spiro atoms. The fourth-order valence-corrected chi connectivity index (χ4v) is 5.38. The van der Waals surface area contributed by atoms with Crippen molar-refractivity contribution in [1.29, 1.82) is 0 Å². The lowest BCUT2D eigenvalue weighted by atomic mass is 9.92. The Morgan fingerprint density at radius 1 is 0.774 bits per heavy atom. The van der Waals surface area contributed by atoms with Crippen molar-refractivity contribution >= 4 is 11.9 Å². The van der Waals surface area contributed by atoms with Crippen LogP contribution in [0.2, 0.25) is 0 Å². The highest BCUT2D eigenvalue weighted by molar-refractivity contribution is 5.77. The van der Waals surface area contributed by atoms with Crippen LogP contribution in [0.5, 0.6) is 17.2 Å². The maximum absolute atomic E-state index is 14.4. The van der Waals surface area contributed by atoms with Crippen molar-refractivity contribution in [3.05, 3.63) is 94.3 Å². The molecular formula is C36H33F9N3O5-. The monoisotopic (exact) mass is 758 g/mol.